The molecule has 0 unspecified atom stereocenters. The van der Waals surface area contributed by atoms with E-state index in [1.165, 1.54) is 43.9 Å². The molecule has 8 nitrogen and oxygen atoms in total. The van der Waals surface area contributed by atoms with Crippen molar-refractivity contribution in [3.05, 3.63) is 64.7 Å². The summed E-state index contributed by atoms with van der Waals surface area (Å²) in [5.74, 6) is 1.06. The minimum atomic E-state index is -4.75. The summed E-state index contributed by atoms with van der Waals surface area (Å²) in [4.78, 5) is 20.7. The average Bonchev–Trinajstić information content (AvgIpc) is 3.39. The molecule has 0 spiro atoms. The zero-order valence-electron chi connectivity index (χ0n) is 19.3. The molecule has 2 aromatic carbocycles. The molecule has 0 fully saturated rings. The Labute approximate surface area is 208 Å². The first-order chi connectivity index (χ1) is 17.2. The van der Waals surface area contributed by atoms with E-state index in [-0.39, 0.29) is 11.5 Å². The van der Waals surface area contributed by atoms with Crippen LogP contribution in [-0.2, 0) is 6.18 Å². The number of urea groups is 1. The molecule has 0 aliphatic carbocycles. The van der Waals surface area contributed by atoms with Crippen LogP contribution in [0.2, 0.25) is 0 Å². The van der Waals surface area contributed by atoms with Gasteiger partial charge in [0.15, 0.2) is 11.5 Å². The molecule has 2 heterocycles. The zero-order valence-corrected chi connectivity index (χ0v) is 20.2. The van der Waals surface area contributed by atoms with E-state index in [4.69, 9.17) is 14.2 Å². The van der Waals surface area contributed by atoms with Crippen LogP contribution in [0.5, 0.6) is 23.0 Å². The van der Waals surface area contributed by atoms with Crippen molar-refractivity contribution in [2.75, 3.05) is 19.5 Å². The van der Waals surface area contributed by atoms with Gasteiger partial charge in [0, 0.05) is 29.2 Å². The van der Waals surface area contributed by atoms with Gasteiger partial charge in [-0.2, -0.15) is 13.2 Å². The molecule has 12 heteroatoms. The number of pyridine rings is 1. The van der Waals surface area contributed by atoms with Crippen LogP contribution < -0.4 is 24.8 Å². The lowest BCUT2D eigenvalue weighted by Crippen LogP contribution is -2.31. The van der Waals surface area contributed by atoms with Gasteiger partial charge in [0.05, 0.1) is 37.0 Å². The molecule has 188 valence electrons. The molecule has 0 saturated heterocycles. The van der Waals surface area contributed by atoms with Crippen LogP contribution in [-0.4, -0.2) is 30.2 Å². The average molecular weight is 519 g/mol. The minimum Gasteiger partial charge on any atom is -0.493 e. The predicted octanol–water partition coefficient (Wildman–Crippen LogP) is 6.40. The minimum absolute atomic E-state index is 0.0771. The largest absolute Gasteiger partial charge is 0.493 e. The van der Waals surface area contributed by atoms with Gasteiger partial charge in [-0.15, -0.1) is 11.3 Å². The summed E-state index contributed by atoms with van der Waals surface area (Å²) in [6.07, 6.45) is -1.70. The molecular weight excluding hydrogens is 497 g/mol. The number of aromatic nitrogens is 2. The number of rotatable bonds is 7. The second-order valence-corrected chi connectivity index (χ2v) is 8.46. The third-order valence-electron chi connectivity index (χ3n) is 5.15. The number of thiazole rings is 1. The number of nitrogens with one attached hydrogen (secondary N) is 2. The molecule has 0 bridgehead atoms. The predicted molar refractivity (Wildman–Crippen MR) is 129 cm³/mol. The van der Waals surface area contributed by atoms with E-state index < -0.39 is 29.5 Å². The lowest BCUT2D eigenvalue weighted by Gasteiger charge is -2.18. The number of amides is 2. The Morgan fingerprint density at radius 1 is 1.00 bits per heavy atom. The summed E-state index contributed by atoms with van der Waals surface area (Å²) in [6, 6.07) is 6.83. The van der Waals surface area contributed by atoms with E-state index in [9.17, 15) is 18.0 Å². The molecular formula is C24H21F3N4O4S. The fourth-order valence-corrected chi connectivity index (χ4v) is 4.10. The Morgan fingerprint density at radius 3 is 2.42 bits per heavy atom. The number of halogens is 3. The van der Waals surface area contributed by atoms with Gasteiger partial charge in [-0.25, -0.2) is 9.78 Å². The molecule has 0 aliphatic heterocycles. The van der Waals surface area contributed by atoms with E-state index in [0.29, 0.717) is 27.4 Å². The van der Waals surface area contributed by atoms with Crippen molar-refractivity contribution in [1.29, 1.82) is 0 Å². The van der Waals surface area contributed by atoms with E-state index in [0.717, 1.165) is 12.1 Å². The third-order valence-corrected chi connectivity index (χ3v) is 6.11. The molecule has 2 amide bonds. The number of ether oxygens (including phenoxy) is 3. The molecule has 0 radical (unpaired) electrons. The number of carbonyl (C=O) groups excluding carboxylic acids is 1. The first kappa shape index (κ1) is 25.0. The first-order valence-corrected chi connectivity index (χ1v) is 11.4. The van der Waals surface area contributed by atoms with Crippen LogP contribution in [0.15, 0.2) is 54.2 Å². The fraction of sp³-hybridized carbons (Fsp3) is 0.208. The van der Waals surface area contributed by atoms with Crippen LogP contribution >= 0.6 is 11.3 Å². The number of methoxy groups -OCH3 is 2. The molecule has 4 aromatic rings. The van der Waals surface area contributed by atoms with Gasteiger partial charge < -0.3 is 24.8 Å². The quantitative estimate of drug-likeness (QED) is 0.294. The summed E-state index contributed by atoms with van der Waals surface area (Å²) >= 11 is 1.33. The molecule has 36 heavy (non-hydrogen) atoms. The summed E-state index contributed by atoms with van der Waals surface area (Å²) in [6.45, 7) is 1.68. The normalized spacial score (nSPS) is 12.2. The van der Waals surface area contributed by atoms with Gasteiger partial charge in [0.2, 0.25) is 0 Å². The van der Waals surface area contributed by atoms with Gasteiger partial charge in [0.1, 0.15) is 16.5 Å². The third kappa shape index (κ3) is 5.43. The molecule has 1 atom stereocenters. The van der Waals surface area contributed by atoms with E-state index in [1.54, 1.807) is 30.6 Å². The highest BCUT2D eigenvalue weighted by atomic mass is 32.1. The van der Waals surface area contributed by atoms with Crippen molar-refractivity contribution in [1.82, 2.24) is 15.3 Å². The van der Waals surface area contributed by atoms with Crippen LogP contribution in [0.25, 0.3) is 10.9 Å². The number of nitrogens with zero attached hydrogens (tertiary/aromatic N) is 2. The number of hydrogen-bond donors (Lipinski definition) is 2. The van der Waals surface area contributed by atoms with Crippen molar-refractivity contribution in [3.63, 3.8) is 0 Å². The Hall–Kier alpha value is -4.06. The number of fused-ring (bicyclic) bond motifs is 1. The van der Waals surface area contributed by atoms with Crippen molar-refractivity contribution in [2.45, 2.75) is 19.1 Å². The number of anilines is 1. The first-order valence-electron chi connectivity index (χ1n) is 10.6. The molecule has 0 aliphatic rings. The molecule has 2 N–H and O–H groups in total. The Bertz CT molecular complexity index is 1380. The van der Waals surface area contributed by atoms with Gasteiger partial charge >= 0.3 is 12.2 Å². The highest BCUT2D eigenvalue weighted by molar-refractivity contribution is 7.09. The van der Waals surface area contributed by atoms with Crippen LogP contribution in [0, 0.1) is 0 Å². The summed E-state index contributed by atoms with van der Waals surface area (Å²) in [5.41, 5.74) is -0.968. The van der Waals surface area contributed by atoms with Crippen LogP contribution in [0.1, 0.15) is 23.5 Å². The van der Waals surface area contributed by atoms with Crippen LogP contribution in [0.3, 0.4) is 0 Å². The second kappa shape index (κ2) is 10.3. The monoisotopic (exact) mass is 518 g/mol. The van der Waals surface area contributed by atoms with Crippen molar-refractivity contribution < 1.29 is 32.2 Å². The molecule has 4 rings (SSSR count). The molecule has 0 saturated carbocycles. The van der Waals surface area contributed by atoms with Crippen molar-refractivity contribution >= 4 is 34.0 Å². The second-order valence-electron chi connectivity index (χ2n) is 7.53. The standard InChI is InChI=1S/C24H21F3N4O4S/c1-13(22-29-8-9-36-22)30-23(32)31-17-5-4-14(10-16(17)24(25,26)27)35-19-6-7-28-18-12-21(34-3)20(33-2)11-15(18)19/h4-13H,1-3H3,(H2,30,31,32)/t13-/m0/s1. The number of carbonyl (C=O) groups is 1. The maximum Gasteiger partial charge on any atom is 0.418 e. The Kier molecular flexibility index (Phi) is 7.15. The van der Waals surface area contributed by atoms with Crippen molar-refractivity contribution in [2.24, 2.45) is 0 Å². The van der Waals surface area contributed by atoms with Gasteiger partial charge in [-0.3, -0.25) is 4.98 Å². The topological polar surface area (TPSA) is 94.6 Å². The number of hydrogen-bond acceptors (Lipinski definition) is 7. The SMILES string of the molecule is COc1cc2nccc(Oc3ccc(NC(=O)N[C@@H](C)c4nccs4)c(C(F)(F)F)c3)c2cc1OC. The fourth-order valence-electron chi connectivity index (χ4n) is 3.46. The molecule has 2 aromatic heterocycles. The highest BCUT2D eigenvalue weighted by Gasteiger charge is 2.35. The number of alkyl halides is 3. The van der Waals surface area contributed by atoms with Crippen molar-refractivity contribution in [3.8, 4) is 23.0 Å². The van der Waals surface area contributed by atoms with E-state index in [1.807, 2.05) is 0 Å². The van der Waals surface area contributed by atoms with E-state index in [2.05, 4.69) is 20.6 Å². The zero-order chi connectivity index (χ0) is 25.9. The van der Waals surface area contributed by atoms with Crippen LogP contribution in [0.4, 0.5) is 23.7 Å². The van der Waals surface area contributed by atoms with Gasteiger partial charge in [-0.05, 0) is 37.3 Å². The Balaban J connectivity index is 1.61. The summed E-state index contributed by atoms with van der Waals surface area (Å²) < 4.78 is 58.0. The lowest BCUT2D eigenvalue weighted by molar-refractivity contribution is -0.137. The summed E-state index contributed by atoms with van der Waals surface area (Å²) in [5, 5.41) is 7.73. The smallest absolute Gasteiger partial charge is 0.418 e. The summed E-state index contributed by atoms with van der Waals surface area (Å²) in [7, 11) is 2.95. The Morgan fingerprint density at radius 2 is 1.75 bits per heavy atom. The maximum atomic E-state index is 13.9. The number of benzene rings is 2. The van der Waals surface area contributed by atoms with Gasteiger partial charge in [-0.1, -0.05) is 0 Å². The van der Waals surface area contributed by atoms with E-state index >= 15 is 0 Å². The highest BCUT2D eigenvalue weighted by Crippen LogP contribution is 2.40. The lowest BCUT2D eigenvalue weighted by atomic mass is 10.1. The van der Waals surface area contributed by atoms with Gasteiger partial charge in [0.25, 0.3) is 0 Å². The maximum absolute atomic E-state index is 13.9.